The van der Waals surface area contributed by atoms with E-state index in [0.717, 1.165) is 44.9 Å². The highest BCUT2D eigenvalue weighted by Crippen LogP contribution is 2.17. The maximum Gasteiger partial charge on any atom is 0.305 e. The van der Waals surface area contributed by atoms with Gasteiger partial charge in [-0.05, 0) is 77.0 Å². The summed E-state index contributed by atoms with van der Waals surface area (Å²) in [5, 5.41) is 23.3. The summed E-state index contributed by atoms with van der Waals surface area (Å²) < 4.78 is 5.49. The van der Waals surface area contributed by atoms with Crippen LogP contribution in [0, 0.1) is 0 Å². The van der Waals surface area contributed by atoms with Gasteiger partial charge < -0.3 is 20.3 Å². The molecule has 0 aromatic carbocycles. The summed E-state index contributed by atoms with van der Waals surface area (Å²) in [6.45, 7) is 4.96. The molecule has 3 N–H and O–H groups in total. The number of ether oxygens (including phenoxy) is 1. The van der Waals surface area contributed by atoms with Gasteiger partial charge in [-0.2, -0.15) is 0 Å². The Kier molecular flexibility index (Phi) is 58.5. The fourth-order valence-electron chi connectivity index (χ4n) is 9.87. The second-order valence-electron chi connectivity index (χ2n) is 21.7. The molecule has 0 rings (SSSR count). The van der Waals surface area contributed by atoms with E-state index in [2.05, 4.69) is 43.5 Å². The Morgan fingerprint density at radius 2 is 0.671 bits per heavy atom. The van der Waals surface area contributed by atoms with Gasteiger partial charge in [0, 0.05) is 12.8 Å². The Labute approximate surface area is 437 Å². The number of aliphatic hydroxyl groups excluding tert-OH is 2. The predicted octanol–water partition coefficient (Wildman–Crippen LogP) is 19.8. The van der Waals surface area contributed by atoms with Gasteiger partial charge in [-0.25, -0.2) is 0 Å². The minimum Gasteiger partial charge on any atom is -0.466 e. The van der Waals surface area contributed by atoms with Crippen LogP contribution in [0.4, 0.5) is 0 Å². The number of unbranched alkanes of at least 4 members (excludes halogenated alkanes) is 44. The van der Waals surface area contributed by atoms with Gasteiger partial charge in [0.2, 0.25) is 5.91 Å². The molecule has 0 aliphatic carbocycles. The van der Waals surface area contributed by atoms with Crippen molar-refractivity contribution in [1.82, 2.24) is 5.32 Å². The highest BCUT2D eigenvalue weighted by atomic mass is 16.5. The third kappa shape index (κ3) is 55.7. The molecule has 0 aromatic heterocycles. The third-order valence-electron chi connectivity index (χ3n) is 14.7. The van der Waals surface area contributed by atoms with Crippen molar-refractivity contribution >= 4 is 11.9 Å². The lowest BCUT2D eigenvalue weighted by Gasteiger charge is -2.22. The van der Waals surface area contributed by atoms with E-state index in [9.17, 15) is 19.8 Å². The zero-order chi connectivity index (χ0) is 50.7. The van der Waals surface area contributed by atoms with E-state index >= 15 is 0 Å². The summed E-state index contributed by atoms with van der Waals surface area (Å²) in [5.41, 5.74) is 0. The van der Waals surface area contributed by atoms with E-state index in [1.807, 2.05) is 0 Å². The van der Waals surface area contributed by atoms with Crippen LogP contribution in [-0.4, -0.2) is 47.4 Å². The first-order chi connectivity index (χ1) is 34.5. The van der Waals surface area contributed by atoms with Gasteiger partial charge in [-0.3, -0.25) is 9.59 Å². The summed E-state index contributed by atoms with van der Waals surface area (Å²) in [5.74, 6) is -0.0380. The lowest BCUT2D eigenvalue weighted by Crippen LogP contribution is -2.45. The predicted molar refractivity (Wildman–Crippen MR) is 306 cm³/mol. The van der Waals surface area contributed by atoms with Crippen LogP contribution in [0.5, 0.6) is 0 Å². The zero-order valence-corrected chi connectivity index (χ0v) is 47.3. The number of carbonyl (C=O) groups excluding carboxylic acids is 2. The number of aliphatic hydroxyl groups is 2. The van der Waals surface area contributed by atoms with Crippen molar-refractivity contribution in [3.63, 3.8) is 0 Å². The number of hydrogen-bond donors (Lipinski definition) is 3. The molecule has 6 heteroatoms. The van der Waals surface area contributed by atoms with Gasteiger partial charge in [-0.15, -0.1) is 0 Å². The van der Waals surface area contributed by atoms with Crippen LogP contribution < -0.4 is 5.32 Å². The molecule has 0 spiro atoms. The van der Waals surface area contributed by atoms with E-state index in [0.29, 0.717) is 25.9 Å². The Morgan fingerprint density at radius 3 is 1.01 bits per heavy atom. The summed E-state index contributed by atoms with van der Waals surface area (Å²) >= 11 is 0. The fourth-order valence-corrected chi connectivity index (χ4v) is 9.87. The average molecular weight is 987 g/mol. The van der Waals surface area contributed by atoms with Crippen LogP contribution >= 0.6 is 0 Å². The van der Waals surface area contributed by atoms with Crippen molar-refractivity contribution in [1.29, 1.82) is 0 Å². The quantitative estimate of drug-likeness (QED) is 0.0321. The minimum atomic E-state index is -0.670. The molecule has 6 nitrogen and oxygen atoms in total. The summed E-state index contributed by atoms with van der Waals surface area (Å²) in [7, 11) is 0. The summed E-state index contributed by atoms with van der Waals surface area (Å²) in [6, 6.07) is -0.548. The zero-order valence-electron chi connectivity index (χ0n) is 47.3. The number of carbonyl (C=O) groups is 2. The molecule has 0 radical (unpaired) electrons. The van der Waals surface area contributed by atoms with Crippen molar-refractivity contribution in [2.45, 2.75) is 360 Å². The van der Waals surface area contributed by atoms with E-state index < -0.39 is 12.1 Å². The van der Waals surface area contributed by atoms with Crippen LogP contribution in [0.2, 0.25) is 0 Å². The Balaban J connectivity index is 3.42. The van der Waals surface area contributed by atoms with E-state index in [1.165, 1.54) is 270 Å². The summed E-state index contributed by atoms with van der Waals surface area (Å²) in [6.07, 6.45) is 73.3. The fraction of sp³-hybridized carbons (Fsp3) is 0.906. The third-order valence-corrected chi connectivity index (χ3v) is 14.7. The van der Waals surface area contributed by atoms with E-state index in [-0.39, 0.29) is 18.5 Å². The number of amides is 1. The SMILES string of the molecule is CCCCCCCC/C=C\CCCCCCCCCC(=O)OCCCCCCCCCCC/C=C\CCCCCCCCCC(=O)NC(CO)C(O)CCCCCCCCCCCCCCCCCC. The van der Waals surface area contributed by atoms with E-state index in [4.69, 9.17) is 4.74 Å². The number of allylic oxidation sites excluding steroid dienone is 4. The molecule has 70 heavy (non-hydrogen) atoms. The molecular weight excluding hydrogens is 863 g/mol. The van der Waals surface area contributed by atoms with Crippen LogP contribution in [0.15, 0.2) is 24.3 Å². The molecule has 0 fully saturated rings. The van der Waals surface area contributed by atoms with Crippen LogP contribution in [0.1, 0.15) is 348 Å². The molecule has 0 aliphatic heterocycles. The molecule has 0 aromatic rings. The first kappa shape index (κ1) is 68.3. The van der Waals surface area contributed by atoms with Crippen molar-refractivity contribution in [2.75, 3.05) is 13.2 Å². The molecule has 0 bridgehead atoms. The average Bonchev–Trinajstić information content (AvgIpc) is 3.36. The maximum absolute atomic E-state index is 12.5. The first-order valence-electron chi connectivity index (χ1n) is 31.6. The molecule has 414 valence electrons. The Bertz CT molecular complexity index is 1090. The maximum atomic E-state index is 12.5. The van der Waals surface area contributed by atoms with Gasteiger partial charge in [0.15, 0.2) is 0 Å². The van der Waals surface area contributed by atoms with Crippen molar-refractivity contribution in [3.05, 3.63) is 24.3 Å². The monoisotopic (exact) mass is 986 g/mol. The number of esters is 1. The highest BCUT2D eigenvalue weighted by Gasteiger charge is 2.20. The molecule has 2 atom stereocenters. The van der Waals surface area contributed by atoms with Crippen molar-refractivity contribution in [3.8, 4) is 0 Å². The Hall–Kier alpha value is -1.66. The van der Waals surface area contributed by atoms with Gasteiger partial charge in [0.1, 0.15) is 0 Å². The van der Waals surface area contributed by atoms with Gasteiger partial charge in [-0.1, -0.05) is 282 Å². The molecule has 0 heterocycles. The molecule has 2 unspecified atom stereocenters. The molecule has 0 aliphatic rings. The highest BCUT2D eigenvalue weighted by molar-refractivity contribution is 5.76. The lowest BCUT2D eigenvalue weighted by molar-refractivity contribution is -0.143. The van der Waals surface area contributed by atoms with Crippen LogP contribution in [0.3, 0.4) is 0 Å². The standard InChI is InChI=1S/C64H123NO5/c1-3-5-7-9-11-13-15-17-19-25-30-34-38-42-46-50-54-58-64(69)70-59-55-51-47-43-39-35-31-27-24-22-21-23-26-29-33-37-41-45-49-53-57-63(68)65-61(60-66)62(67)56-52-48-44-40-36-32-28-20-18-16-14-12-10-8-6-4-2/h17,19,21,23,61-62,66-67H,3-16,18,20,22,24-60H2,1-2H3,(H,65,68)/b19-17-,23-21-. The van der Waals surface area contributed by atoms with Crippen LogP contribution in [-0.2, 0) is 14.3 Å². The number of nitrogens with one attached hydrogen (secondary N) is 1. The topological polar surface area (TPSA) is 95.9 Å². The number of rotatable bonds is 59. The molecule has 0 saturated carbocycles. The summed E-state index contributed by atoms with van der Waals surface area (Å²) in [4.78, 5) is 24.6. The van der Waals surface area contributed by atoms with Gasteiger partial charge >= 0.3 is 5.97 Å². The van der Waals surface area contributed by atoms with Crippen LogP contribution in [0.25, 0.3) is 0 Å². The number of hydrogen-bond acceptors (Lipinski definition) is 5. The molecular formula is C64H123NO5. The minimum absolute atomic E-state index is 0.00345. The van der Waals surface area contributed by atoms with Crippen molar-refractivity contribution < 1.29 is 24.5 Å². The van der Waals surface area contributed by atoms with Gasteiger partial charge in [0.25, 0.3) is 0 Å². The van der Waals surface area contributed by atoms with Crippen molar-refractivity contribution in [2.24, 2.45) is 0 Å². The second kappa shape index (κ2) is 59.9. The molecule has 0 saturated heterocycles. The normalized spacial score (nSPS) is 12.7. The molecule has 1 amide bonds. The Morgan fingerprint density at radius 1 is 0.386 bits per heavy atom. The van der Waals surface area contributed by atoms with E-state index in [1.54, 1.807) is 0 Å². The first-order valence-corrected chi connectivity index (χ1v) is 31.6. The van der Waals surface area contributed by atoms with Gasteiger partial charge in [0.05, 0.1) is 25.4 Å². The largest absolute Gasteiger partial charge is 0.466 e. The lowest BCUT2D eigenvalue weighted by atomic mass is 10.0. The second-order valence-corrected chi connectivity index (χ2v) is 21.7. The smallest absolute Gasteiger partial charge is 0.305 e.